The Hall–Kier alpha value is -2.02. The van der Waals surface area contributed by atoms with E-state index in [4.69, 9.17) is 25.6 Å². The first-order valence-electron chi connectivity index (χ1n) is 6.37. The molecule has 2 heterocycles. The molecule has 0 aliphatic heterocycles. The molecular formula is C13H16ClN3O4. The smallest absolute Gasteiger partial charge is 0.407 e. The van der Waals surface area contributed by atoms with Crippen LogP contribution in [-0.4, -0.2) is 35.0 Å². The highest BCUT2D eigenvalue weighted by molar-refractivity contribution is 6.29. The van der Waals surface area contributed by atoms with E-state index in [1.807, 2.05) is 0 Å². The van der Waals surface area contributed by atoms with Gasteiger partial charge in [0.25, 0.3) is 11.6 Å². The Morgan fingerprint density at radius 1 is 1.43 bits per heavy atom. The van der Waals surface area contributed by atoms with Crippen LogP contribution >= 0.6 is 11.6 Å². The fourth-order valence-corrected chi connectivity index (χ4v) is 1.64. The normalized spacial score (nSPS) is 11.4. The Kier molecular flexibility index (Phi) is 4.52. The predicted molar refractivity (Wildman–Crippen MR) is 76.5 cm³/mol. The molecule has 114 valence electrons. The van der Waals surface area contributed by atoms with Crippen LogP contribution in [0.15, 0.2) is 16.7 Å². The summed E-state index contributed by atoms with van der Waals surface area (Å²) in [7, 11) is 0. The lowest BCUT2D eigenvalue weighted by Crippen LogP contribution is -2.34. The van der Waals surface area contributed by atoms with Gasteiger partial charge < -0.3 is 19.3 Å². The van der Waals surface area contributed by atoms with Gasteiger partial charge >= 0.3 is 6.09 Å². The molecule has 1 amide bonds. The average Bonchev–Trinajstić information content (AvgIpc) is 2.75. The number of carbonyl (C=O) groups excluding carboxylic acids is 1. The number of nitrogens with zero attached hydrogens (tertiary/aromatic N) is 2. The summed E-state index contributed by atoms with van der Waals surface area (Å²) in [4.78, 5) is 15.4. The average molecular weight is 314 g/mol. The molecule has 1 N–H and O–H groups in total. The van der Waals surface area contributed by atoms with E-state index < -0.39 is 11.7 Å². The van der Waals surface area contributed by atoms with E-state index in [-0.39, 0.29) is 13.2 Å². The van der Waals surface area contributed by atoms with Crippen LogP contribution in [0.3, 0.4) is 0 Å². The zero-order chi connectivity index (χ0) is 15.5. The van der Waals surface area contributed by atoms with Gasteiger partial charge in [0.05, 0.1) is 6.54 Å². The molecular weight excluding hydrogens is 298 g/mol. The Bertz CT molecular complexity index is 636. The van der Waals surface area contributed by atoms with Crippen LogP contribution < -0.4 is 10.1 Å². The summed E-state index contributed by atoms with van der Waals surface area (Å²) in [6, 6.07) is 3.32. The Morgan fingerprint density at radius 2 is 2.19 bits per heavy atom. The van der Waals surface area contributed by atoms with Crippen LogP contribution in [0.2, 0.25) is 5.15 Å². The Labute approximate surface area is 126 Å². The van der Waals surface area contributed by atoms with Gasteiger partial charge in [0, 0.05) is 0 Å². The van der Waals surface area contributed by atoms with Gasteiger partial charge in [-0.1, -0.05) is 11.6 Å². The summed E-state index contributed by atoms with van der Waals surface area (Å²) in [5.41, 5.74) is -0.226. The number of aromatic nitrogens is 2. The molecule has 0 aromatic carbocycles. The molecule has 0 saturated heterocycles. The van der Waals surface area contributed by atoms with Crippen LogP contribution in [0.25, 0.3) is 11.1 Å². The molecule has 0 saturated carbocycles. The highest BCUT2D eigenvalue weighted by Crippen LogP contribution is 2.24. The van der Waals surface area contributed by atoms with Crippen molar-refractivity contribution in [3.05, 3.63) is 17.3 Å². The minimum Gasteiger partial charge on any atom is -0.473 e. The number of hydrogen-bond acceptors (Lipinski definition) is 6. The number of pyridine rings is 1. The molecule has 0 radical (unpaired) electrons. The van der Waals surface area contributed by atoms with Gasteiger partial charge in [-0.25, -0.2) is 4.79 Å². The highest BCUT2D eigenvalue weighted by atomic mass is 35.5. The minimum absolute atomic E-state index is 0.226. The van der Waals surface area contributed by atoms with Gasteiger partial charge in [-0.2, -0.15) is 4.98 Å². The lowest BCUT2D eigenvalue weighted by Gasteiger charge is -2.19. The first-order chi connectivity index (χ1) is 9.85. The highest BCUT2D eigenvalue weighted by Gasteiger charge is 2.16. The zero-order valence-corrected chi connectivity index (χ0v) is 12.7. The second kappa shape index (κ2) is 6.17. The van der Waals surface area contributed by atoms with Crippen molar-refractivity contribution >= 4 is 28.8 Å². The first-order valence-corrected chi connectivity index (χ1v) is 6.74. The maximum absolute atomic E-state index is 11.4. The first kappa shape index (κ1) is 15.4. The summed E-state index contributed by atoms with van der Waals surface area (Å²) in [6.07, 6.45) is -0.496. The fourth-order valence-electron chi connectivity index (χ4n) is 1.50. The summed E-state index contributed by atoms with van der Waals surface area (Å²) in [6.45, 7) is 5.89. The molecule has 2 rings (SSSR count). The van der Waals surface area contributed by atoms with Gasteiger partial charge in [0.2, 0.25) is 0 Å². The van der Waals surface area contributed by atoms with Crippen LogP contribution in [0.4, 0.5) is 4.79 Å². The van der Waals surface area contributed by atoms with Crippen LogP contribution in [0, 0.1) is 0 Å². The maximum atomic E-state index is 11.4. The molecule has 0 aliphatic carbocycles. The molecule has 2 aromatic heterocycles. The molecule has 0 bridgehead atoms. The lowest BCUT2D eigenvalue weighted by molar-refractivity contribution is 0.0520. The van der Waals surface area contributed by atoms with Crippen molar-refractivity contribution in [3.8, 4) is 5.88 Å². The molecule has 0 aliphatic rings. The number of fused-ring (bicyclic) bond motifs is 1. The number of ether oxygens (including phenoxy) is 2. The third-order valence-electron chi connectivity index (χ3n) is 2.28. The monoisotopic (exact) mass is 313 g/mol. The Morgan fingerprint density at radius 3 is 2.90 bits per heavy atom. The van der Waals surface area contributed by atoms with Crippen LogP contribution in [0.5, 0.6) is 5.88 Å². The number of alkyl carbamates (subject to hydrolysis) is 1. The van der Waals surface area contributed by atoms with Crippen molar-refractivity contribution in [1.29, 1.82) is 0 Å². The molecule has 21 heavy (non-hydrogen) atoms. The second-order valence-corrected chi connectivity index (χ2v) is 5.64. The Balaban J connectivity index is 1.82. The quantitative estimate of drug-likeness (QED) is 0.690. The second-order valence-electron chi connectivity index (χ2n) is 5.25. The standard InChI is InChI=1S/C13H16ClN3O4/c1-13(2,3)20-12(18)15-6-7-19-11-8-4-5-9(14)16-10(8)21-17-11/h4-5H,6-7H2,1-3H3,(H,15,18). The van der Waals surface area contributed by atoms with Crippen molar-refractivity contribution in [2.24, 2.45) is 0 Å². The maximum Gasteiger partial charge on any atom is 0.407 e. The molecule has 0 unspecified atom stereocenters. The molecule has 0 fully saturated rings. The summed E-state index contributed by atoms with van der Waals surface area (Å²) in [5.74, 6) is 0.306. The number of halogens is 1. The number of nitrogens with one attached hydrogen (secondary N) is 1. The van der Waals surface area contributed by atoms with Crippen molar-refractivity contribution < 1.29 is 18.8 Å². The summed E-state index contributed by atoms with van der Waals surface area (Å²) in [5, 5.41) is 7.27. The number of rotatable bonds is 4. The van der Waals surface area contributed by atoms with E-state index >= 15 is 0 Å². The van der Waals surface area contributed by atoms with E-state index in [0.29, 0.717) is 22.1 Å². The van der Waals surface area contributed by atoms with Crippen molar-refractivity contribution in [2.75, 3.05) is 13.2 Å². The summed E-state index contributed by atoms with van der Waals surface area (Å²) >= 11 is 5.74. The van der Waals surface area contributed by atoms with Gasteiger partial charge in [-0.3, -0.25) is 0 Å². The van der Waals surface area contributed by atoms with E-state index in [2.05, 4.69) is 15.5 Å². The van der Waals surface area contributed by atoms with Crippen LogP contribution in [0.1, 0.15) is 20.8 Å². The van der Waals surface area contributed by atoms with Gasteiger partial charge in [0.1, 0.15) is 22.7 Å². The van der Waals surface area contributed by atoms with Crippen molar-refractivity contribution in [1.82, 2.24) is 15.5 Å². The topological polar surface area (TPSA) is 86.5 Å². The zero-order valence-electron chi connectivity index (χ0n) is 12.0. The molecule has 8 heteroatoms. The lowest BCUT2D eigenvalue weighted by atomic mass is 10.2. The van der Waals surface area contributed by atoms with E-state index in [1.165, 1.54) is 0 Å². The van der Waals surface area contributed by atoms with Gasteiger partial charge in [-0.05, 0) is 38.1 Å². The van der Waals surface area contributed by atoms with E-state index in [1.54, 1.807) is 32.9 Å². The third kappa shape index (κ3) is 4.49. The van der Waals surface area contributed by atoms with Crippen molar-refractivity contribution in [2.45, 2.75) is 26.4 Å². The van der Waals surface area contributed by atoms with Crippen molar-refractivity contribution in [3.63, 3.8) is 0 Å². The van der Waals surface area contributed by atoms with Gasteiger partial charge in [0.15, 0.2) is 0 Å². The largest absolute Gasteiger partial charge is 0.473 e. The SMILES string of the molecule is CC(C)(C)OC(=O)NCCOc1noc2nc(Cl)ccc12. The third-order valence-corrected chi connectivity index (χ3v) is 2.49. The number of hydrogen-bond donors (Lipinski definition) is 1. The predicted octanol–water partition coefficient (Wildman–Crippen LogP) is 2.78. The molecule has 7 nitrogen and oxygen atoms in total. The van der Waals surface area contributed by atoms with E-state index in [9.17, 15) is 4.79 Å². The molecule has 2 aromatic rings. The number of amides is 1. The van der Waals surface area contributed by atoms with E-state index in [0.717, 1.165) is 0 Å². The number of carbonyl (C=O) groups is 1. The molecule has 0 spiro atoms. The summed E-state index contributed by atoms with van der Waals surface area (Å²) < 4.78 is 15.5. The van der Waals surface area contributed by atoms with Crippen LogP contribution in [-0.2, 0) is 4.74 Å². The minimum atomic E-state index is -0.530. The fraction of sp³-hybridized carbons (Fsp3) is 0.462. The van der Waals surface area contributed by atoms with Gasteiger partial charge in [-0.15, -0.1) is 0 Å². The molecule has 0 atom stereocenters.